The molecule has 2 aromatic rings. The van der Waals surface area contributed by atoms with Crippen LogP contribution in [-0.4, -0.2) is 52.7 Å². The summed E-state index contributed by atoms with van der Waals surface area (Å²) in [5.74, 6) is 1.19. The van der Waals surface area contributed by atoms with Gasteiger partial charge in [-0.1, -0.05) is 0 Å². The second-order valence-electron chi connectivity index (χ2n) is 7.20. The molecule has 0 radical (unpaired) electrons. The average Bonchev–Trinajstić information content (AvgIpc) is 2.80. The number of carbonyl (C=O) groups is 1. The van der Waals surface area contributed by atoms with E-state index in [4.69, 9.17) is 18.9 Å². The van der Waals surface area contributed by atoms with Crippen molar-refractivity contribution in [2.75, 3.05) is 34.0 Å². The molecule has 3 rings (SSSR count). The molecule has 0 unspecified atom stereocenters. The molecule has 0 saturated carbocycles. The second-order valence-corrected chi connectivity index (χ2v) is 9.09. The summed E-state index contributed by atoms with van der Waals surface area (Å²) in [7, 11) is -1.07. The molecule has 0 aromatic heterocycles. The van der Waals surface area contributed by atoms with Crippen LogP contribution in [0.25, 0.3) is 0 Å². The normalized spacial score (nSPS) is 16.2. The molecule has 0 amide bonds. The van der Waals surface area contributed by atoms with Gasteiger partial charge in [-0.2, -0.15) is 4.31 Å². The topological polar surface area (TPSA) is 91.4 Å². The van der Waals surface area contributed by atoms with Gasteiger partial charge in [0.2, 0.25) is 10.0 Å². The van der Waals surface area contributed by atoms with Gasteiger partial charge < -0.3 is 18.9 Å². The average molecular weight is 464 g/mol. The molecule has 1 heterocycles. The zero-order chi connectivity index (χ0) is 23.3. The predicted molar refractivity (Wildman–Crippen MR) is 119 cm³/mol. The number of rotatable bonds is 9. The monoisotopic (exact) mass is 463 g/mol. The van der Waals surface area contributed by atoms with E-state index < -0.39 is 22.0 Å². The first kappa shape index (κ1) is 23.9. The van der Waals surface area contributed by atoms with Gasteiger partial charge in [0.25, 0.3) is 0 Å². The van der Waals surface area contributed by atoms with Crippen LogP contribution in [0, 0.1) is 0 Å². The number of hydrogen-bond acceptors (Lipinski definition) is 7. The van der Waals surface area contributed by atoms with Crippen LogP contribution in [-0.2, 0) is 26.0 Å². The number of ether oxygens (including phenoxy) is 4. The molecular formula is C23H29NO7S. The number of benzene rings is 2. The highest BCUT2D eigenvalue weighted by Gasteiger charge is 2.38. The van der Waals surface area contributed by atoms with Crippen molar-refractivity contribution in [3.05, 3.63) is 47.5 Å². The molecule has 1 atom stereocenters. The first-order valence-corrected chi connectivity index (χ1v) is 11.9. The van der Waals surface area contributed by atoms with Crippen molar-refractivity contribution in [3.63, 3.8) is 0 Å². The Labute approximate surface area is 189 Å². The Balaban J connectivity index is 2.08. The maximum Gasteiger partial charge on any atom is 0.307 e. The predicted octanol–water partition coefficient (Wildman–Crippen LogP) is 3.34. The summed E-state index contributed by atoms with van der Waals surface area (Å²) in [6, 6.07) is 9.14. The molecule has 0 N–H and O–H groups in total. The van der Waals surface area contributed by atoms with Gasteiger partial charge in [-0.05, 0) is 67.8 Å². The third-order valence-corrected chi connectivity index (χ3v) is 7.29. The number of fused-ring (bicyclic) bond motifs is 1. The van der Waals surface area contributed by atoms with E-state index in [1.165, 1.54) is 30.7 Å². The molecule has 0 fully saturated rings. The summed E-state index contributed by atoms with van der Waals surface area (Å²) < 4.78 is 49.9. The molecule has 2 aromatic carbocycles. The molecule has 0 bridgehead atoms. The number of nitrogens with zero attached hydrogens (tertiary/aromatic N) is 1. The Kier molecular flexibility index (Phi) is 7.63. The zero-order valence-corrected chi connectivity index (χ0v) is 19.6. The van der Waals surface area contributed by atoms with Crippen LogP contribution in [0.3, 0.4) is 0 Å². The molecule has 174 valence electrons. The van der Waals surface area contributed by atoms with Gasteiger partial charge in [-0.3, -0.25) is 4.79 Å². The Morgan fingerprint density at radius 1 is 1.03 bits per heavy atom. The molecule has 1 aliphatic rings. The van der Waals surface area contributed by atoms with Crippen molar-refractivity contribution in [1.82, 2.24) is 4.31 Å². The number of methoxy groups -OCH3 is 2. The van der Waals surface area contributed by atoms with Crippen molar-refractivity contribution in [3.8, 4) is 17.2 Å². The second kappa shape index (κ2) is 10.2. The Morgan fingerprint density at radius 3 is 2.22 bits per heavy atom. The van der Waals surface area contributed by atoms with E-state index >= 15 is 0 Å². The fraction of sp³-hybridized carbons (Fsp3) is 0.435. The number of esters is 1. The minimum absolute atomic E-state index is 0.113. The number of sulfonamides is 1. The quantitative estimate of drug-likeness (QED) is 0.527. The van der Waals surface area contributed by atoms with Gasteiger partial charge >= 0.3 is 5.97 Å². The SMILES string of the molecule is CCOc1cc2c(cc1OCC)[C@@H](CC(=O)OC)N(S(=O)(=O)c1ccc(OC)cc1)CC2. The Bertz CT molecular complexity index is 1050. The highest BCUT2D eigenvalue weighted by molar-refractivity contribution is 7.89. The molecule has 0 saturated heterocycles. The molecule has 1 aliphatic heterocycles. The van der Waals surface area contributed by atoms with Crippen LogP contribution in [0.5, 0.6) is 17.2 Å². The van der Waals surface area contributed by atoms with E-state index in [0.29, 0.717) is 42.4 Å². The van der Waals surface area contributed by atoms with Crippen LogP contribution in [0.2, 0.25) is 0 Å². The van der Waals surface area contributed by atoms with Crippen molar-refractivity contribution in [2.24, 2.45) is 0 Å². The van der Waals surface area contributed by atoms with Gasteiger partial charge in [0, 0.05) is 6.54 Å². The van der Waals surface area contributed by atoms with Crippen LogP contribution in [0.4, 0.5) is 0 Å². The van der Waals surface area contributed by atoms with Crippen LogP contribution in [0.1, 0.15) is 37.4 Å². The maximum absolute atomic E-state index is 13.5. The third-order valence-electron chi connectivity index (χ3n) is 5.37. The Morgan fingerprint density at radius 2 is 1.66 bits per heavy atom. The summed E-state index contributed by atoms with van der Waals surface area (Å²) in [6.07, 6.45) is 0.368. The lowest BCUT2D eigenvalue weighted by molar-refractivity contribution is -0.141. The van der Waals surface area contributed by atoms with Gasteiger partial charge in [0.15, 0.2) is 11.5 Å². The minimum Gasteiger partial charge on any atom is -0.497 e. The summed E-state index contributed by atoms with van der Waals surface area (Å²) in [5.41, 5.74) is 1.64. The van der Waals surface area contributed by atoms with Gasteiger partial charge in [0.1, 0.15) is 5.75 Å². The lowest BCUT2D eigenvalue weighted by Crippen LogP contribution is -2.41. The first-order valence-electron chi connectivity index (χ1n) is 10.5. The third kappa shape index (κ3) is 4.83. The molecular weight excluding hydrogens is 434 g/mol. The summed E-state index contributed by atoms with van der Waals surface area (Å²) in [6.45, 7) is 4.87. The maximum atomic E-state index is 13.5. The fourth-order valence-corrected chi connectivity index (χ4v) is 5.45. The van der Waals surface area contributed by atoms with E-state index in [1.54, 1.807) is 18.2 Å². The van der Waals surface area contributed by atoms with Crippen molar-refractivity contribution < 1.29 is 32.2 Å². The summed E-state index contributed by atoms with van der Waals surface area (Å²) in [4.78, 5) is 12.4. The number of carbonyl (C=O) groups excluding carboxylic acids is 1. The van der Waals surface area contributed by atoms with E-state index in [0.717, 1.165) is 5.56 Å². The van der Waals surface area contributed by atoms with Gasteiger partial charge in [0.05, 0.1) is 44.8 Å². The first-order chi connectivity index (χ1) is 15.3. The van der Waals surface area contributed by atoms with Gasteiger partial charge in [-0.15, -0.1) is 0 Å². The lowest BCUT2D eigenvalue weighted by Gasteiger charge is -2.36. The van der Waals surface area contributed by atoms with Crippen LogP contribution < -0.4 is 14.2 Å². The highest BCUT2D eigenvalue weighted by atomic mass is 32.2. The van der Waals surface area contributed by atoms with Crippen LogP contribution >= 0.6 is 0 Å². The largest absolute Gasteiger partial charge is 0.497 e. The lowest BCUT2D eigenvalue weighted by atomic mass is 9.91. The Hall–Kier alpha value is -2.78. The minimum atomic E-state index is -3.88. The molecule has 32 heavy (non-hydrogen) atoms. The zero-order valence-electron chi connectivity index (χ0n) is 18.8. The van der Waals surface area contributed by atoms with Crippen molar-refractivity contribution >= 4 is 16.0 Å². The smallest absolute Gasteiger partial charge is 0.307 e. The highest BCUT2D eigenvalue weighted by Crippen LogP contribution is 2.42. The molecule has 0 spiro atoms. The van der Waals surface area contributed by atoms with Crippen molar-refractivity contribution in [2.45, 2.75) is 37.6 Å². The van der Waals surface area contributed by atoms with Crippen LogP contribution in [0.15, 0.2) is 41.3 Å². The van der Waals surface area contributed by atoms with E-state index in [1.807, 2.05) is 19.9 Å². The molecule has 0 aliphatic carbocycles. The van der Waals surface area contributed by atoms with E-state index in [9.17, 15) is 13.2 Å². The molecule has 9 heteroatoms. The van der Waals surface area contributed by atoms with E-state index in [2.05, 4.69) is 0 Å². The standard InChI is InChI=1S/C23H29NO7S/c1-5-30-21-13-16-11-12-24(32(26,27)18-9-7-17(28-3)8-10-18)20(15-23(25)29-4)19(16)14-22(21)31-6-2/h7-10,13-14,20H,5-6,11-12,15H2,1-4H3/t20-/m1/s1. The van der Waals surface area contributed by atoms with E-state index in [-0.39, 0.29) is 17.9 Å². The fourth-order valence-electron chi connectivity index (χ4n) is 3.85. The molecule has 8 nitrogen and oxygen atoms in total. The summed E-state index contributed by atoms with van der Waals surface area (Å²) in [5, 5.41) is 0. The van der Waals surface area contributed by atoms with Crippen molar-refractivity contribution in [1.29, 1.82) is 0 Å². The van der Waals surface area contributed by atoms with Gasteiger partial charge in [-0.25, -0.2) is 8.42 Å². The summed E-state index contributed by atoms with van der Waals surface area (Å²) >= 11 is 0. The number of hydrogen-bond donors (Lipinski definition) is 0.